The lowest BCUT2D eigenvalue weighted by atomic mass is 9.60. The molecule has 0 aromatic heterocycles. The van der Waals surface area contributed by atoms with E-state index in [0.717, 1.165) is 26.3 Å². The molecule has 1 spiro atoms. The van der Waals surface area contributed by atoms with Crippen LogP contribution < -0.4 is 10.6 Å². The first-order valence-corrected chi connectivity index (χ1v) is 9.11. The molecule has 158 valence electrons. The molecular formula is C17H30F3IN4O2. The van der Waals surface area contributed by atoms with Gasteiger partial charge in [0.25, 0.3) is 0 Å². The molecule has 2 saturated carbocycles. The van der Waals surface area contributed by atoms with Crippen LogP contribution in [-0.2, 0) is 9.53 Å². The molecule has 0 bridgehead atoms. The van der Waals surface area contributed by atoms with Gasteiger partial charge in [-0.25, -0.2) is 0 Å². The molecule has 2 N–H and O–H groups in total. The number of likely N-dealkylation sites (N-methyl/N-ethyl adjacent to an activating group) is 1. The van der Waals surface area contributed by atoms with Crippen LogP contribution in [0.3, 0.4) is 0 Å². The zero-order valence-electron chi connectivity index (χ0n) is 16.1. The Morgan fingerprint density at radius 1 is 1.33 bits per heavy atom. The number of hydrogen-bond acceptors (Lipinski definition) is 3. The summed E-state index contributed by atoms with van der Waals surface area (Å²) in [6.07, 6.45) is 1.25. The van der Waals surface area contributed by atoms with Gasteiger partial charge in [-0.15, -0.1) is 24.0 Å². The lowest BCUT2D eigenvalue weighted by molar-refractivity contribution is -0.157. The molecule has 0 aromatic rings. The van der Waals surface area contributed by atoms with E-state index in [1.54, 1.807) is 7.05 Å². The van der Waals surface area contributed by atoms with Crippen molar-refractivity contribution >= 4 is 35.8 Å². The number of alkyl halides is 3. The Kier molecular flexibility index (Phi) is 9.10. The van der Waals surface area contributed by atoms with Crippen molar-refractivity contribution in [2.24, 2.45) is 10.4 Å². The molecule has 2 aliphatic carbocycles. The summed E-state index contributed by atoms with van der Waals surface area (Å²) < 4.78 is 43.0. The summed E-state index contributed by atoms with van der Waals surface area (Å²) in [5.41, 5.74) is 0.102. The second kappa shape index (κ2) is 10.1. The van der Waals surface area contributed by atoms with Gasteiger partial charge in [0, 0.05) is 32.2 Å². The second-order valence-electron chi connectivity index (χ2n) is 7.11. The molecule has 2 aliphatic rings. The number of carbonyl (C=O) groups excluding carboxylic acids is 1. The Hall–Kier alpha value is -0.780. The van der Waals surface area contributed by atoms with Gasteiger partial charge in [0.1, 0.15) is 6.54 Å². The topological polar surface area (TPSA) is 66.0 Å². The van der Waals surface area contributed by atoms with Crippen molar-refractivity contribution < 1.29 is 22.7 Å². The van der Waals surface area contributed by atoms with Crippen LogP contribution >= 0.6 is 24.0 Å². The SMILES string of the molecule is CCOC1CC(NC(=NC)NCC(=O)N(C)CC(F)(F)F)C12CCCC2.I. The molecule has 2 atom stereocenters. The van der Waals surface area contributed by atoms with Crippen LogP contribution in [0.25, 0.3) is 0 Å². The van der Waals surface area contributed by atoms with Gasteiger partial charge in [-0.05, 0) is 26.2 Å². The summed E-state index contributed by atoms with van der Waals surface area (Å²) in [7, 11) is 2.72. The third-order valence-electron chi connectivity index (χ3n) is 5.47. The van der Waals surface area contributed by atoms with Crippen LogP contribution in [0.5, 0.6) is 0 Å². The molecule has 10 heteroatoms. The van der Waals surface area contributed by atoms with E-state index >= 15 is 0 Å². The van der Waals surface area contributed by atoms with Gasteiger partial charge < -0.3 is 20.3 Å². The summed E-state index contributed by atoms with van der Waals surface area (Å²) >= 11 is 0. The minimum absolute atomic E-state index is 0. The maximum absolute atomic E-state index is 12.4. The molecule has 0 aromatic carbocycles. The van der Waals surface area contributed by atoms with E-state index < -0.39 is 18.6 Å². The number of nitrogens with one attached hydrogen (secondary N) is 2. The molecule has 27 heavy (non-hydrogen) atoms. The Morgan fingerprint density at radius 2 is 1.96 bits per heavy atom. The number of halogens is 4. The molecule has 0 heterocycles. The lowest BCUT2D eigenvalue weighted by Gasteiger charge is -2.54. The maximum atomic E-state index is 12.4. The van der Waals surface area contributed by atoms with Crippen molar-refractivity contribution in [3.63, 3.8) is 0 Å². The number of rotatable bonds is 6. The molecule has 2 unspecified atom stereocenters. The smallest absolute Gasteiger partial charge is 0.378 e. The van der Waals surface area contributed by atoms with Gasteiger partial charge in [-0.1, -0.05) is 12.8 Å². The number of carbonyl (C=O) groups is 1. The fourth-order valence-electron chi connectivity index (χ4n) is 4.10. The molecule has 6 nitrogen and oxygen atoms in total. The van der Waals surface area contributed by atoms with Crippen molar-refractivity contribution in [1.82, 2.24) is 15.5 Å². The minimum atomic E-state index is -4.40. The lowest BCUT2D eigenvalue weighted by Crippen LogP contribution is -2.65. The zero-order valence-corrected chi connectivity index (χ0v) is 18.4. The van der Waals surface area contributed by atoms with Crippen LogP contribution in [-0.4, -0.2) is 68.9 Å². The molecule has 0 aliphatic heterocycles. The average molecular weight is 506 g/mol. The summed E-state index contributed by atoms with van der Waals surface area (Å²) in [4.78, 5) is 16.6. The van der Waals surface area contributed by atoms with E-state index in [-0.39, 0.29) is 48.1 Å². The molecule has 1 amide bonds. The van der Waals surface area contributed by atoms with Crippen molar-refractivity contribution in [3.8, 4) is 0 Å². The van der Waals surface area contributed by atoms with Crippen LogP contribution in [0.2, 0.25) is 0 Å². The van der Waals surface area contributed by atoms with Gasteiger partial charge >= 0.3 is 6.18 Å². The van der Waals surface area contributed by atoms with Crippen LogP contribution in [0.1, 0.15) is 39.0 Å². The van der Waals surface area contributed by atoms with Gasteiger partial charge in [-0.2, -0.15) is 13.2 Å². The highest BCUT2D eigenvalue weighted by molar-refractivity contribution is 14.0. The van der Waals surface area contributed by atoms with Gasteiger partial charge in [-0.3, -0.25) is 9.79 Å². The largest absolute Gasteiger partial charge is 0.406 e. The van der Waals surface area contributed by atoms with E-state index in [0.29, 0.717) is 17.5 Å². The molecule has 0 saturated heterocycles. The third kappa shape index (κ3) is 6.10. The van der Waals surface area contributed by atoms with Crippen LogP contribution in [0, 0.1) is 5.41 Å². The van der Waals surface area contributed by atoms with Crippen molar-refractivity contribution in [3.05, 3.63) is 0 Å². The van der Waals surface area contributed by atoms with Gasteiger partial charge in [0.05, 0.1) is 12.6 Å². The number of hydrogen-bond donors (Lipinski definition) is 2. The first-order valence-electron chi connectivity index (χ1n) is 9.11. The summed E-state index contributed by atoms with van der Waals surface area (Å²) in [5, 5.41) is 6.16. The Balaban J connectivity index is 0.00000364. The first kappa shape index (κ1) is 24.3. The molecule has 2 rings (SSSR count). The average Bonchev–Trinajstić information content (AvgIpc) is 3.07. The highest BCUT2D eigenvalue weighted by Crippen LogP contribution is 2.54. The van der Waals surface area contributed by atoms with Crippen LogP contribution in [0.15, 0.2) is 4.99 Å². The maximum Gasteiger partial charge on any atom is 0.406 e. The van der Waals surface area contributed by atoms with E-state index in [2.05, 4.69) is 15.6 Å². The number of aliphatic imine (C=N–C) groups is 1. The molecule has 0 radical (unpaired) electrons. The number of ether oxygens (including phenoxy) is 1. The fraction of sp³-hybridized carbons (Fsp3) is 0.882. The first-order chi connectivity index (χ1) is 12.2. The van der Waals surface area contributed by atoms with E-state index in [1.165, 1.54) is 12.8 Å². The second-order valence-corrected chi connectivity index (χ2v) is 7.11. The van der Waals surface area contributed by atoms with Gasteiger partial charge in [0.15, 0.2) is 5.96 Å². The predicted molar refractivity (Wildman–Crippen MR) is 108 cm³/mol. The van der Waals surface area contributed by atoms with Crippen LogP contribution in [0.4, 0.5) is 13.2 Å². The zero-order chi connectivity index (χ0) is 19.4. The monoisotopic (exact) mass is 506 g/mol. The number of amides is 1. The van der Waals surface area contributed by atoms with Crippen molar-refractivity contribution in [2.75, 3.05) is 33.8 Å². The normalized spacial score (nSPS) is 24.1. The number of guanidine groups is 1. The Bertz CT molecular complexity index is 525. The predicted octanol–water partition coefficient (Wildman–Crippen LogP) is 2.53. The summed E-state index contributed by atoms with van der Waals surface area (Å²) in [5.74, 6) is -0.202. The Labute approximate surface area is 175 Å². The highest BCUT2D eigenvalue weighted by Gasteiger charge is 2.56. The third-order valence-corrected chi connectivity index (χ3v) is 5.47. The van der Waals surface area contributed by atoms with Crippen molar-refractivity contribution in [1.29, 1.82) is 0 Å². The number of nitrogens with zero attached hydrogens (tertiary/aromatic N) is 2. The summed E-state index contributed by atoms with van der Waals surface area (Å²) in [6, 6.07) is 0.204. The van der Waals surface area contributed by atoms with Gasteiger partial charge in [0.2, 0.25) is 5.91 Å². The minimum Gasteiger partial charge on any atom is -0.378 e. The molecule has 2 fully saturated rings. The van der Waals surface area contributed by atoms with E-state index in [9.17, 15) is 18.0 Å². The highest BCUT2D eigenvalue weighted by atomic mass is 127. The summed E-state index contributed by atoms with van der Waals surface area (Å²) in [6.45, 7) is 1.18. The van der Waals surface area contributed by atoms with E-state index in [1.807, 2.05) is 6.92 Å². The quantitative estimate of drug-likeness (QED) is 0.330. The Morgan fingerprint density at radius 3 is 2.48 bits per heavy atom. The molecular weight excluding hydrogens is 476 g/mol. The standard InChI is InChI=1S/C17H29F3N4O2.HI/c1-4-26-13-9-12(16(13)7-5-6-8-16)23-15(21-2)22-10-14(25)24(3)11-17(18,19)20;/h12-13H,4-11H2,1-3H3,(H2,21,22,23);1H. The fourth-order valence-corrected chi connectivity index (χ4v) is 4.10. The van der Waals surface area contributed by atoms with E-state index in [4.69, 9.17) is 4.74 Å². The van der Waals surface area contributed by atoms with Crippen molar-refractivity contribution in [2.45, 2.75) is 57.3 Å².